The monoisotopic (exact) mass is 351 g/mol. The second-order valence-corrected chi connectivity index (χ2v) is 5.76. The maximum absolute atomic E-state index is 5.33. The van der Waals surface area contributed by atoms with E-state index in [0.29, 0.717) is 18.8 Å². The Morgan fingerprint density at radius 1 is 1.19 bits per heavy atom. The Bertz CT molecular complexity index is 987. The molecular formula is C17H17N7O2. The molecule has 0 bridgehead atoms. The zero-order chi connectivity index (χ0) is 17.9. The molecule has 0 aliphatic carbocycles. The van der Waals surface area contributed by atoms with Crippen LogP contribution in [0.25, 0.3) is 5.69 Å². The van der Waals surface area contributed by atoms with Gasteiger partial charge in [0, 0.05) is 6.07 Å². The molecule has 0 aliphatic heterocycles. The first-order valence-corrected chi connectivity index (χ1v) is 8.05. The fourth-order valence-corrected chi connectivity index (χ4v) is 2.62. The van der Waals surface area contributed by atoms with Crippen molar-refractivity contribution in [1.82, 2.24) is 34.7 Å². The SMILES string of the molecule is COc1ccc(-n2nc(Cn3cncn3)nc2Cc2cc(C)no2)cc1. The lowest BCUT2D eigenvalue weighted by Gasteiger charge is -2.06. The highest BCUT2D eigenvalue weighted by Crippen LogP contribution is 2.18. The van der Waals surface area contributed by atoms with Crippen LogP contribution < -0.4 is 4.74 Å². The minimum absolute atomic E-state index is 0.436. The van der Waals surface area contributed by atoms with Crippen LogP contribution in [0.2, 0.25) is 0 Å². The van der Waals surface area contributed by atoms with E-state index in [1.54, 1.807) is 22.8 Å². The van der Waals surface area contributed by atoms with Crippen LogP contribution in [-0.4, -0.2) is 41.8 Å². The molecule has 4 rings (SSSR count). The molecule has 0 aliphatic rings. The number of benzene rings is 1. The van der Waals surface area contributed by atoms with Crippen LogP contribution in [0.4, 0.5) is 0 Å². The summed E-state index contributed by atoms with van der Waals surface area (Å²) in [6.07, 6.45) is 3.60. The lowest BCUT2D eigenvalue weighted by Crippen LogP contribution is -2.04. The van der Waals surface area contributed by atoms with Crippen LogP contribution in [0.15, 0.2) is 47.5 Å². The molecule has 0 saturated heterocycles. The van der Waals surface area contributed by atoms with Crippen molar-refractivity contribution in [3.05, 3.63) is 66.1 Å². The summed E-state index contributed by atoms with van der Waals surface area (Å²) in [6.45, 7) is 2.32. The van der Waals surface area contributed by atoms with E-state index in [-0.39, 0.29) is 0 Å². The van der Waals surface area contributed by atoms with Crippen molar-refractivity contribution in [2.45, 2.75) is 19.9 Å². The van der Waals surface area contributed by atoms with Crippen molar-refractivity contribution >= 4 is 0 Å². The number of rotatable bonds is 6. The molecule has 4 aromatic rings. The smallest absolute Gasteiger partial charge is 0.172 e. The van der Waals surface area contributed by atoms with Gasteiger partial charge >= 0.3 is 0 Å². The lowest BCUT2D eigenvalue weighted by molar-refractivity contribution is 0.383. The topological polar surface area (TPSA) is 96.7 Å². The first-order chi connectivity index (χ1) is 12.7. The molecule has 1 aromatic carbocycles. The summed E-state index contributed by atoms with van der Waals surface area (Å²) in [7, 11) is 1.64. The Morgan fingerprint density at radius 2 is 2.04 bits per heavy atom. The lowest BCUT2D eigenvalue weighted by atomic mass is 10.2. The van der Waals surface area contributed by atoms with E-state index in [1.807, 2.05) is 37.3 Å². The second kappa shape index (κ2) is 6.79. The summed E-state index contributed by atoms with van der Waals surface area (Å²) in [5.41, 5.74) is 1.72. The van der Waals surface area contributed by atoms with Gasteiger partial charge in [-0.2, -0.15) is 5.10 Å². The molecule has 0 saturated carbocycles. The van der Waals surface area contributed by atoms with E-state index in [1.165, 1.54) is 6.33 Å². The standard InChI is InChI=1S/C17H17N7O2/c1-12-7-15(26-22-12)8-17-20-16(9-23-11-18-10-19-23)21-24(17)13-3-5-14(25-2)6-4-13/h3-7,10-11H,8-9H2,1-2H3. The third-order valence-corrected chi connectivity index (χ3v) is 3.81. The summed E-state index contributed by atoms with van der Waals surface area (Å²) in [4.78, 5) is 8.60. The first kappa shape index (κ1) is 16.0. The van der Waals surface area contributed by atoms with Gasteiger partial charge in [0.2, 0.25) is 0 Å². The number of aromatic nitrogens is 7. The Labute approximate surface area is 149 Å². The van der Waals surface area contributed by atoms with E-state index < -0.39 is 0 Å². The predicted octanol–water partition coefficient (Wildman–Crippen LogP) is 1.80. The molecule has 0 atom stereocenters. The Kier molecular flexibility index (Phi) is 4.18. The Balaban J connectivity index is 1.69. The average Bonchev–Trinajstić information content (AvgIpc) is 3.38. The largest absolute Gasteiger partial charge is 0.497 e. The van der Waals surface area contributed by atoms with E-state index in [0.717, 1.165) is 28.7 Å². The second-order valence-electron chi connectivity index (χ2n) is 5.76. The molecule has 0 radical (unpaired) electrons. The van der Waals surface area contributed by atoms with Gasteiger partial charge in [-0.15, -0.1) is 5.10 Å². The van der Waals surface area contributed by atoms with Crippen LogP contribution in [-0.2, 0) is 13.0 Å². The highest BCUT2D eigenvalue weighted by molar-refractivity contribution is 5.37. The summed E-state index contributed by atoms with van der Waals surface area (Å²) >= 11 is 0. The summed E-state index contributed by atoms with van der Waals surface area (Å²) in [5, 5.41) is 12.7. The number of hydrogen-bond donors (Lipinski definition) is 0. The van der Waals surface area contributed by atoms with Gasteiger partial charge in [0.25, 0.3) is 0 Å². The van der Waals surface area contributed by atoms with Crippen molar-refractivity contribution in [1.29, 1.82) is 0 Å². The van der Waals surface area contributed by atoms with Crippen LogP contribution in [0.5, 0.6) is 5.75 Å². The van der Waals surface area contributed by atoms with Gasteiger partial charge in [0.15, 0.2) is 5.82 Å². The van der Waals surface area contributed by atoms with Crippen molar-refractivity contribution in [3.8, 4) is 11.4 Å². The zero-order valence-electron chi connectivity index (χ0n) is 14.4. The molecule has 0 amide bonds. The molecule has 3 aromatic heterocycles. The van der Waals surface area contributed by atoms with Crippen molar-refractivity contribution < 1.29 is 9.26 Å². The summed E-state index contributed by atoms with van der Waals surface area (Å²) in [6, 6.07) is 9.53. The fourth-order valence-electron chi connectivity index (χ4n) is 2.62. The van der Waals surface area contributed by atoms with E-state index >= 15 is 0 Å². The maximum atomic E-state index is 5.33. The minimum atomic E-state index is 0.436. The minimum Gasteiger partial charge on any atom is -0.497 e. The molecule has 9 heteroatoms. The molecule has 132 valence electrons. The molecule has 0 fully saturated rings. The average molecular weight is 351 g/mol. The molecule has 0 spiro atoms. The van der Waals surface area contributed by atoms with Crippen LogP contribution in [0, 0.1) is 6.92 Å². The van der Waals surface area contributed by atoms with Gasteiger partial charge in [-0.25, -0.2) is 19.3 Å². The highest BCUT2D eigenvalue weighted by atomic mass is 16.5. The molecule has 0 N–H and O–H groups in total. The molecule has 0 unspecified atom stereocenters. The van der Waals surface area contributed by atoms with Crippen LogP contribution in [0.3, 0.4) is 0 Å². The zero-order valence-corrected chi connectivity index (χ0v) is 14.4. The molecule has 26 heavy (non-hydrogen) atoms. The van der Waals surface area contributed by atoms with Crippen LogP contribution in [0.1, 0.15) is 23.1 Å². The number of hydrogen-bond acceptors (Lipinski definition) is 7. The van der Waals surface area contributed by atoms with Crippen molar-refractivity contribution in [2.24, 2.45) is 0 Å². The van der Waals surface area contributed by atoms with Crippen LogP contribution >= 0.6 is 0 Å². The number of aryl methyl sites for hydroxylation is 1. The molecular weight excluding hydrogens is 334 g/mol. The first-order valence-electron chi connectivity index (χ1n) is 8.05. The van der Waals surface area contributed by atoms with Crippen molar-refractivity contribution in [2.75, 3.05) is 7.11 Å². The molecule has 9 nitrogen and oxygen atoms in total. The summed E-state index contributed by atoms with van der Waals surface area (Å²) in [5.74, 6) is 2.90. The van der Waals surface area contributed by atoms with Gasteiger partial charge in [-0.1, -0.05) is 5.16 Å². The normalized spacial score (nSPS) is 11.0. The van der Waals surface area contributed by atoms with Gasteiger partial charge in [0.05, 0.1) is 24.9 Å². The van der Waals surface area contributed by atoms with Gasteiger partial charge in [0.1, 0.15) is 36.5 Å². The third kappa shape index (κ3) is 3.32. The van der Waals surface area contributed by atoms with Gasteiger partial charge in [-0.3, -0.25) is 0 Å². The number of ether oxygens (including phenoxy) is 1. The van der Waals surface area contributed by atoms with Gasteiger partial charge in [-0.05, 0) is 31.2 Å². The highest BCUT2D eigenvalue weighted by Gasteiger charge is 2.15. The maximum Gasteiger partial charge on any atom is 0.172 e. The predicted molar refractivity (Wildman–Crippen MR) is 91.1 cm³/mol. The van der Waals surface area contributed by atoms with Crippen molar-refractivity contribution in [3.63, 3.8) is 0 Å². The Morgan fingerprint density at radius 3 is 2.69 bits per heavy atom. The van der Waals surface area contributed by atoms with E-state index in [2.05, 4.69) is 25.3 Å². The fraction of sp³-hybridized carbons (Fsp3) is 0.235. The quantitative estimate of drug-likeness (QED) is 0.522. The number of methoxy groups -OCH3 is 1. The van der Waals surface area contributed by atoms with E-state index in [9.17, 15) is 0 Å². The third-order valence-electron chi connectivity index (χ3n) is 3.81. The molecule has 3 heterocycles. The van der Waals surface area contributed by atoms with Gasteiger partial charge < -0.3 is 9.26 Å². The summed E-state index contributed by atoms with van der Waals surface area (Å²) < 4.78 is 14.0. The Hall–Kier alpha value is -3.49. The van der Waals surface area contributed by atoms with E-state index in [4.69, 9.17) is 9.26 Å². The number of nitrogens with zero attached hydrogens (tertiary/aromatic N) is 7.